The molecule has 0 aromatic heterocycles. The number of rotatable bonds is 3. The molecule has 0 aliphatic carbocycles. The van der Waals surface area contributed by atoms with E-state index < -0.39 is 6.36 Å². The van der Waals surface area contributed by atoms with Crippen molar-refractivity contribution in [2.75, 3.05) is 0 Å². The molecular formula is C14H11BrF3NO. The Morgan fingerprint density at radius 3 is 2.45 bits per heavy atom. The van der Waals surface area contributed by atoms with Crippen LogP contribution < -0.4 is 10.5 Å². The second-order valence-corrected chi connectivity index (χ2v) is 5.01. The van der Waals surface area contributed by atoms with Crippen molar-refractivity contribution in [2.24, 2.45) is 5.73 Å². The number of para-hydroxylation sites is 1. The molecule has 2 aromatic carbocycles. The summed E-state index contributed by atoms with van der Waals surface area (Å²) in [5, 5.41) is 0. The molecule has 0 saturated carbocycles. The number of hydrogen-bond donors (Lipinski definition) is 1. The molecule has 2 nitrogen and oxygen atoms in total. The molecule has 2 rings (SSSR count). The molecule has 0 bridgehead atoms. The van der Waals surface area contributed by atoms with Crippen LogP contribution in [0.3, 0.4) is 0 Å². The SMILES string of the molecule is NCc1cc(Br)cc(-c2ccccc2OC(F)(F)F)c1. The molecule has 0 aliphatic heterocycles. The quantitative estimate of drug-likeness (QED) is 0.890. The van der Waals surface area contributed by atoms with E-state index >= 15 is 0 Å². The zero-order valence-corrected chi connectivity index (χ0v) is 11.8. The van der Waals surface area contributed by atoms with E-state index in [-0.39, 0.29) is 5.75 Å². The second-order valence-electron chi connectivity index (χ2n) is 4.10. The minimum absolute atomic E-state index is 0.235. The van der Waals surface area contributed by atoms with Crippen LogP contribution in [0.2, 0.25) is 0 Å². The minimum atomic E-state index is -4.72. The van der Waals surface area contributed by atoms with E-state index in [1.54, 1.807) is 24.3 Å². The normalized spacial score (nSPS) is 11.4. The topological polar surface area (TPSA) is 35.2 Å². The lowest BCUT2D eigenvalue weighted by atomic mass is 10.0. The molecule has 0 atom stereocenters. The Morgan fingerprint density at radius 2 is 1.80 bits per heavy atom. The number of hydrogen-bond acceptors (Lipinski definition) is 2. The van der Waals surface area contributed by atoms with Gasteiger partial charge in [-0.15, -0.1) is 13.2 Å². The number of ether oxygens (including phenoxy) is 1. The maximum Gasteiger partial charge on any atom is 0.573 e. The molecule has 20 heavy (non-hydrogen) atoms. The Bertz CT molecular complexity index is 614. The number of benzene rings is 2. The van der Waals surface area contributed by atoms with E-state index in [1.807, 2.05) is 6.07 Å². The maximum absolute atomic E-state index is 12.4. The lowest BCUT2D eigenvalue weighted by Crippen LogP contribution is -2.17. The minimum Gasteiger partial charge on any atom is -0.405 e. The molecule has 0 amide bonds. The van der Waals surface area contributed by atoms with Crippen molar-refractivity contribution in [1.82, 2.24) is 0 Å². The summed E-state index contributed by atoms with van der Waals surface area (Å²) in [6.07, 6.45) is -4.72. The van der Waals surface area contributed by atoms with E-state index in [2.05, 4.69) is 20.7 Å². The maximum atomic E-state index is 12.4. The summed E-state index contributed by atoms with van der Waals surface area (Å²) >= 11 is 3.32. The van der Waals surface area contributed by atoms with Crippen molar-refractivity contribution in [2.45, 2.75) is 12.9 Å². The van der Waals surface area contributed by atoms with Crippen LogP contribution in [0.5, 0.6) is 5.75 Å². The first-order valence-corrected chi connectivity index (χ1v) is 6.53. The van der Waals surface area contributed by atoms with E-state index in [1.165, 1.54) is 12.1 Å². The van der Waals surface area contributed by atoms with Gasteiger partial charge in [-0.25, -0.2) is 0 Å². The molecule has 0 spiro atoms. The molecule has 2 N–H and O–H groups in total. The fourth-order valence-electron chi connectivity index (χ4n) is 1.84. The smallest absolute Gasteiger partial charge is 0.405 e. The van der Waals surface area contributed by atoms with Gasteiger partial charge in [-0.1, -0.05) is 34.1 Å². The molecule has 0 unspecified atom stereocenters. The lowest BCUT2D eigenvalue weighted by Gasteiger charge is -2.14. The highest BCUT2D eigenvalue weighted by molar-refractivity contribution is 9.10. The van der Waals surface area contributed by atoms with Gasteiger partial charge in [0.15, 0.2) is 0 Å². The third kappa shape index (κ3) is 3.74. The predicted octanol–water partition coefficient (Wildman–Crippen LogP) is 4.47. The molecule has 0 fully saturated rings. The van der Waals surface area contributed by atoms with Crippen molar-refractivity contribution in [3.05, 3.63) is 52.5 Å². The Hall–Kier alpha value is -1.53. The summed E-state index contributed by atoms with van der Waals surface area (Å²) in [4.78, 5) is 0. The summed E-state index contributed by atoms with van der Waals surface area (Å²) in [6, 6.07) is 11.3. The molecular weight excluding hydrogens is 335 g/mol. The van der Waals surface area contributed by atoms with Crippen LogP contribution >= 0.6 is 15.9 Å². The average Bonchev–Trinajstić information content (AvgIpc) is 2.36. The average molecular weight is 346 g/mol. The molecule has 0 aliphatic rings. The third-order valence-electron chi connectivity index (χ3n) is 2.62. The zero-order chi connectivity index (χ0) is 14.8. The number of alkyl halides is 3. The third-order valence-corrected chi connectivity index (χ3v) is 3.07. The molecule has 0 saturated heterocycles. The molecule has 0 radical (unpaired) electrons. The summed E-state index contributed by atoms with van der Waals surface area (Å²) in [5.41, 5.74) is 7.36. The van der Waals surface area contributed by atoms with Crippen molar-refractivity contribution in [3.8, 4) is 16.9 Å². The van der Waals surface area contributed by atoms with Crippen LogP contribution in [-0.2, 0) is 6.54 Å². The van der Waals surface area contributed by atoms with Crippen LogP contribution in [0.1, 0.15) is 5.56 Å². The van der Waals surface area contributed by atoms with Crippen LogP contribution in [-0.4, -0.2) is 6.36 Å². The largest absolute Gasteiger partial charge is 0.573 e. The van der Waals surface area contributed by atoms with Gasteiger partial charge in [0, 0.05) is 16.6 Å². The van der Waals surface area contributed by atoms with Crippen molar-refractivity contribution >= 4 is 15.9 Å². The van der Waals surface area contributed by atoms with E-state index in [0.29, 0.717) is 17.7 Å². The monoisotopic (exact) mass is 345 g/mol. The number of nitrogens with two attached hydrogens (primary N) is 1. The van der Waals surface area contributed by atoms with Gasteiger partial charge in [0.2, 0.25) is 0 Å². The van der Waals surface area contributed by atoms with Crippen LogP contribution in [0, 0.1) is 0 Å². The van der Waals surface area contributed by atoms with Gasteiger partial charge in [0.05, 0.1) is 0 Å². The standard InChI is InChI=1S/C14H11BrF3NO/c15-11-6-9(8-19)5-10(7-11)12-3-1-2-4-13(12)20-14(16,17)18/h1-7H,8,19H2. The van der Waals surface area contributed by atoms with Crippen LogP contribution in [0.15, 0.2) is 46.9 Å². The highest BCUT2D eigenvalue weighted by Gasteiger charge is 2.32. The van der Waals surface area contributed by atoms with Crippen LogP contribution in [0.4, 0.5) is 13.2 Å². The van der Waals surface area contributed by atoms with E-state index in [0.717, 1.165) is 10.0 Å². The first kappa shape index (κ1) is 14.9. The predicted molar refractivity (Wildman–Crippen MR) is 74.2 cm³/mol. The number of halogens is 4. The Labute approximate surface area is 122 Å². The lowest BCUT2D eigenvalue weighted by molar-refractivity contribution is -0.274. The molecule has 6 heteroatoms. The van der Waals surface area contributed by atoms with E-state index in [4.69, 9.17) is 5.73 Å². The Kier molecular flexibility index (Phi) is 4.35. The zero-order valence-electron chi connectivity index (χ0n) is 10.2. The van der Waals surface area contributed by atoms with Gasteiger partial charge in [0.1, 0.15) is 5.75 Å². The van der Waals surface area contributed by atoms with Gasteiger partial charge in [-0.2, -0.15) is 0 Å². The van der Waals surface area contributed by atoms with Gasteiger partial charge in [-0.05, 0) is 35.4 Å². The van der Waals surface area contributed by atoms with Gasteiger partial charge >= 0.3 is 6.36 Å². The Balaban J connectivity index is 2.50. The van der Waals surface area contributed by atoms with Gasteiger partial charge in [-0.3, -0.25) is 0 Å². The van der Waals surface area contributed by atoms with Gasteiger partial charge < -0.3 is 10.5 Å². The highest BCUT2D eigenvalue weighted by Crippen LogP contribution is 2.35. The molecule has 2 aromatic rings. The molecule has 106 valence electrons. The summed E-state index contributed by atoms with van der Waals surface area (Å²) in [6.45, 7) is 0.300. The summed E-state index contributed by atoms with van der Waals surface area (Å²) in [7, 11) is 0. The van der Waals surface area contributed by atoms with Crippen molar-refractivity contribution in [1.29, 1.82) is 0 Å². The fourth-order valence-corrected chi connectivity index (χ4v) is 2.38. The first-order valence-electron chi connectivity index (χ1n) is 5.74. The van der Waals surface area contributed by atoms with Crippen LogP contribution in [0.25, 0.3) is 11.1 Å². The van der Waals surface area contributed by atoms with Crippen molar-refractivity contribution < 1.29 is 17.9 Å². The fraction of sp³-hybridized carbons (Fsp3) is 0.143. The molecule has 0 heterocycles. The highest BCUT2D eigenvalue weighted by atomic mass is 79.9. The second kappa shape index (κ2) is 5.85. The van der Waals surface area contributed by atoms with E-state index in [9.17, 15) is 13.2 Å². The summed E-state index contributed by atoms with van der Waals surface area (Å²) < 4.78 is 42.0. The van der Waals surface area contributed by atoms with Crippen molar-refractivity contribution in [3.63, 3.8) is 0 Å². The van der Waals surface area contributed by atoms with Gasteiger partial charge in [0.25, 0.3) is 0 Å². The Morgan fingerprint density at radius 1 is 1.10 bits per heavy atom. The summed E-state index contributed by atoms with van der Waals surface area (Å²) in [5.74, 6) is -0.235. The first-order chi connectivity index (χ1) is 9.39.